The lowest BCUT2D eigenvalue weighted by Crippen LogP contribution is -2.53. The summed E-state index contributed by atoms with van der Waals surface area (Å²) in [6.07, 6.45) is 2.03. The van der Waals surface area contributed by atoms with Crippen LogP contribution >= 0.6 is 0 Å². The van der Waals surface area contributed by atoms with Gasteiger partial charge in [-0.15, -0.1) is 0 Å². The highest BCUT2D eigenvalue weighted by atomic mass is 16.5. The number of aromatic nitrogens is 1. The van der Waals surface area contributed by atoms with Crippen molar-refractivity contribution in [1.82, 2.24) is 9.88 Å². The van der Waals surface area contributed by atoms with E-state index in [4.69, 9.17) is 4.74 Å². The van der Waals surface area contributed by atoms with E-state index in [1.165, 1.54) is 10.9 Å². The molecule has 2 heterocycles. The molecule has 2 aliphatic rings. The van der Waals surface area contributed by atoms with Crippen molar-refractivity contribution in [2.75, 3.05) is 13.6 Å². The van der Waals surface area contributed by atoms with E-state index >= 15 is 0 Å². The van der Waals surface area contributed by atoms with Crippen molar-refractivity contribution in [3.05, 3.63) is 35.5 Å². The Balaban J connectivity index is 1.85. The molecule has 1 fully saturated rings. The Labute approximate surface area is 116 Å². The van der Waals surface area contributed by atoms with Gasteiger partial charge in [-0.2, -0.15) is 0 Å². The molecule has 4 rings (SSSR count). The van der Waals surface area contributed by atoms with Crippen molar-refractivity contribution in [2.24, 2.45) is 0 Å². The molecule has 1 aromatic carbocycles. The fraction of sp³-hybridized carbons (Fsp3) is 0.400. The Bertz CT molecular complexity index is 693. The standard InChI is InChI=1S/C15H16N2O3/c1-17-7-12(15(18)19)20-14-9-3-2-4-10-13(9)8(6-16-10)5-11(14)17/h2-4,6,11-12,14,16H,5,7H2,1H3,(H,18,19). The molecule has 0 spiro atoms. The molecule has 0 radical (unpaired) electrons. The van der Waals surface area contributed by atoms with Gasteiger partial charge in [0.1, 0.15) is 6.10 Å². The van der Waals surface area contributed by atoms with Crippen LogP contribution in [-0.4, -0.2) is 46.7 Å². The van der Waals surface area contributed by atoms with Crippen molar-refractivity contribution in [2.45, 2.75) is 24.7 Å². The summed E-state index contributed by atoms with van der Waals surface area (Å²) in [6, 6.07) is 6.30. The summed E-state index contributed by atoms with van der Waals surface area (Å²) in [5, 5.41) is 10.4. The van der Waals surface area contributed by atoms with Gasteiger partial charge in [0, 0.05) is 29.7 Å². The predicted octanol–water partition coefficient (Wildman–Crippen LogP) is 1.55. The molecule has 0 saturated carbocycles. The topological polar surface area (TPSA) is 65.6 Å². The number of nitrogens with one attached hydrogen (secondary N) is 1. The van der Waals surface area contributed by atoms with Crippen LogP contribution in [0.15, 0.2) is 24.4 Å². The van der Waals surface area contributed by atoms with Crippen molar-refractivity contribution in [3.63, 3.8) is 0 Å². The quantitative estimate of drug-likeness (QED) is 0.826. The number of ether oxygens (including phenoxy) is 1. The van der Waals surface area contributed by atoms with Gasteiger partial charge in [-0.1, -0.05) is 12.1 Å². The van der Waals surface area contributed by atoms with Crippen molar-refractivity contribution in [1.29, 1.82) is 0 Å². The van der Waals surface area contributed by atoms with Gasteiger partial charge in [-0.05, 0) is 30.7 Å². The zero-order valence-corrected chi connectivity index (χ0v) is 11.2. The lowest BCUT2D eigenvalue weighted by molar-refractivity contribution is -0.171. The molecule has 0 bridgehead atoms. The Morgan fingerprint density at radius 3 is 3.15 bits per heavy atom. The van der Waals surface area contributed by atoms with Crippen LogP contribution in [0.4, 0.5) is 0 Å². The van der Waals surface area contributed by atoms with Crippen LogP contribution in [0.5, 0.6) is 0 Å². The lowest BCUT2D eigenvalue weighted by Gasteiger charge is -2.44. The van der Waals surface area contributed by atoms with Crippen LogP contribution < -0.4 is 0 Å². The normalized spacial score (nSPS) is 29.4. The highest BCUT2D eigenvalue weighted by Gasteiger charge is 2.42. The van der Waals surface area contributed by atoms with Gasteiger partial charge in [-0.25, -0.2) is 4.79 Å². The van der Waals surface area contributed by atoms with Crippen LogP contribution in [0, 0.1) is 0 Å². The Hall–Kier alpha value is -1.85. The second-order valence-electron chi connectivity index (χ2n) is 5.68. The fourth-order valence-electron chi connectivity index (χ4n) is 3.53. The zero-order chi connectivity index (χ0) is 13.9. The smallest absolute Gasteiger partial charge is 0.334 e. The molecule has 20 heavy (non-hydrogen) atoms. The molecule has 2 aromatic rings. The summed E-state index contributed by atoms with van der Waals surface area (Å²) in [5.41, 5.74) is 3.49. The molecule has 1 aromatic heterocycles. The Morgan fingerprint density at radius 2 is 2.35 bits per heavy atom. The zero-order valence-electron chi connectivity index (χ0n) is 11.2. The van der Waals surface area contributed by atoms with Crippen molar-refractivity contribution in [3.8, 4) is 0 Å². The summed E-state index contributed by atoms with van der Waals surface area (Å²) < 4.78 is 5.88. The minimum absolute atomic E-state index is 0.165. The first-order valence-electron chi connectivity index (χ1n) is 6.82. The molecular formula is C15H16N2O3. The molecule has 3 atom stereocenters. The number of carbonyl (C=O) groups is 1. The van der Waals surface area contributed by atoms with Gasteiger partial charge < -0.3 is 14.8 Å². The number of carboxylic acids is 1. The van der Waals surface area contributed by atoms with E-state index in [0.29, 0.717) is 6.54 Å². The molecule has 1 saturated heterocycles. The SMILES string of the molecule is CN1CC(C(=O)O)OC2c3cccc4[nH]cc(c34)CC21. The van der Waals surface area contributed by atoms with E-state index in [2.05, 4.69) is 22.1 Å². The first kappa shape index (κ1) is 11.9. The molecule has 1 aliphatic carbocycles. The van der Waals surface area contributed by atoms with Gasteiger partial charge in [-0.3, -0.25) is 4.90 Å². The molecule has 2 N–H and O–H groups in total. The number of hydrogen-bond acceptors (Lipinski definition) is 3. The highest BCUT2D eigenvalue weighted by molar-refractivity contribution is 5.88. The van der Waals surface area contributed by atoms with Gasteiger partial charge in [0.2, 0.25) is 0 Å². The van der Waals surface area contributed by atoms with Gasteiger partial charge >= 0.3 is 5.97 Å². The third-order valence-corrected chi connectivity index (χ3v) is 4.51. The molecule has 5 heteroatoms. The second kappa shape index (κ2) is 4.07. The maximum atomic E-state index is 11.3. The summed E-state index contributed by atoms with van der Waals surface area (Å²) in [4.78, 5) is 16.7. The lowest BCUT2D eigenvalue weighted by atomic mass is 9.85. The van der Waals surface area contributed by atoms with E-state index in [-0.39, 0.29) is 12.1 Å². The van der Waals surface area contributed by atoms with E-state index < -0.39 is 12.1 Å². The number of hydrogen-bond donors (Lipinski definition) is 2. The van der Waals surface area contributed by atoms with Crippen molar-refractivity contribution < 1.29 is 14.6 Å². The summed E-state index contributed by atoms with van der Waals surface area (Å²) in [6.45, 7) is 0.437. The number of aromatic amines is 1. The van der Waals surface area contributed by atoms with Crippen LogP contribution in [0.1, 0.15) is 17.2 Å². The van der Waals surface area contributed by atoms with Crippen LogP contribution in [0.3, 0.4) is 0 Å². The number of morpholine rings is 1. The van der Waals surface area contributed by atoms with E-state index in [1.54, 1.807) is 0 Å². The van der Waals surface area contributed by atoms with Gasteiger partial charge in [0.25, 0.3) is 0 Å². The number of carboxylic acid groups (broad SMARTS) is 1. The first-order chi connectivity index (χ1) is 9.65. The molecule has 0 amide bonds. The van der Waals surface area contributed by atoms with E-state index in [1.807, 2.05) is 19.2 Å². The Kier molecular flexibility index (Phi) is 2.43. The van der Waals surface area contributed by atoms with Gasteiger partial charge in [0.05, 0.1) is 0 Å². The van der Waals surface area contributed by atoms with E-state index in [9.17, 15) is 9.90 Å². The average molecular weight is 272 g/mol. The number of fused-ring (bicyclic) bond motifs is 2. The third kappa shape index (κ3) is 1.53. The number of aliphatic carboxylic acids is 1. The Morgan fingerprint density at radius 1 is 1.50 bits per heavy atom. The minimum atomic E-state index is -0.887. The monoisotopic (exact) mass is 272 g/mol. The largest absolute Gasteiger partial charge is 0.479 e. The van der Waals surface area contributed by atoms with Crippen LogP contribution in [0.25, 0.3) is 10.9 Å². The predicted molar refractivity (Wildman–Crippen MR) is 73.7 cm³/mol. The van der Waals surface area contributed by atoms with Crippen LogP contribution in [-0.2, 0) is 16.0 Å². The number of rotatable bonds is 1. The van der Waals surface area contributed by atoms with Crippen molar-refractivity contribution >= 4 is 16.9 Å². The third-order valence-electron chi connectivity index (χ3n) is 4.51. The molecule has 104 valence electrons. The molecular weight excluding hydrogens is 256 g/mol. The highest BCUT2D eigenvalue weighted by Crippen LogP contribution is 2.41. The number of likely N-dealkylation sites (N-methyl/N-ethyl adjacent to an activating group) is 1. The second-order valence-corrected chi connectivity index (χ2v) is 5.68. The summed E-state index contributed by atoms with van der Waals surface area (Å²) in [7, 11) is 1.98. The number of H-pyrrole nitrogens is 1. The minimum Gasteiger partial charge on any atom is -0.479 e. The summed E-state index contributed by atoms with van der Waals surface area (Å²) >= 11 is 0. The van der Waals surface area contributed by atoms with Gasteiger partial charge in [0.15, 0.2) is 6.10 Å². The molecule has 1 aliphatic heterocycles. The number of benzene rings is 1. The summed E-state index contributed by atoms with van der Waals surface area (Å²) in [5.74, 6) is -0.887. The maximum absolute atomic E-state index is 11.3. The number of nitrogens with zero attached hydrogens (tertiary/aromatic N) is 1. The maximum Gasteiger partial charge on any atom is 0.334 e. The van der Waals surface area contributed by atoms with Crippen LogP contribution in [0.2, 0.25) is 0 Å². The average Bonchev–Trinajstić information content (AvgIpc) is 2.84. The molecule has 3 unspecified atom stereocenters. The fourth-order valence-corrected chi connectivity index (χ4v) is 3.53. The molecule has 5 nitrogen and oxygen atoms in total. The first-order valence-corrected chi connectivity index (χ1v) is 6.82. The van der Waals surface area contributed by atoms with E-state index in [0.717, 1.165) is 17.5 Å².